The van der Waals surface area contributed by atoms with Crippen molar-refractivity contribution in [2.75, 3.05) is 17.3 Å². The van der Waals surface area contributed by atoms with E-state index in [0.717, 1.165) is 18.1 Å². The molecule has 0 saturated heterocycles. The molecule has 6 heteroatoms. The first-order valence-electron chi connectivity index (χ1n) is 5.76. The van der Waals surface area contributed by atoms with Crippen molar-refractivity contribution in [2.45, 2.75) is 37.0 Å². The van der Waals surface area contributed by atoms with E-state index in [2.05, 4.69) is 21.5 Å². The standard InChI is InChI=1S/C11H17ClN4S/c1-17-8-4-2-7(3-5-8)15-10-9(12)6-14-11(13)16-10/h6-8H,2-5H2,1H3,(H3,13,14,15,16). The van der Waals surface area contributed by atoms with Gasteiger partial charge in [-0.05, 0) is 31.9 Å². The predicted octanol–water partition coefficient (Wildman–Crippen LogP) is 2.80. The zero-order valence-electron chi connectivity index (χ0n) is 9.82. The van der Waals surface area contributed by atoms with E-state index in [1.165, 1.54) is 12.8 Å². The second-order valence-electron chi connectivity index (χ2n) is 4.28. The third-order valence-corrected chi connectivity index (χ3v) is 4.53. The number of thioether (sulfide) groups is 1. The van der Waals surface area contributed by atoms with Gasteiger partial charge in [-0.3, -0.25) is 0 Å². The summed E-state index contributed by atoms with van der Waals surface area (Å²) >= 11 is 7.98. The van der Waals surface area contributed by atoms with Crippen LogP contribution in [0.5, 0.6) is 0 Å². The highest BCUT2D eigenvalue weighted by Crippen LogP contribution is 2.29. The van der Waals surface area contributed by atoms with Gasteiger partial charge < -0.3 is 11.1 Å². The molecule has 1 saturated carbocycles. The van der Waals surface area contributed by atoms with Crippen molar-refractivity contribution in [2.24, 2.45) is 0 Å². The average Bonchev–Trinajstić information content (AvgIpc) is 2.35. The van der Waals surface area contributed by atoms with Gasteiger partial charge in [0.1, 0.15) is 5.02 Å². The molecule has 0 atom stereocenters. The van der Waals surface area contributed by atoms with E-state index in [1.54, 1.807) is 6.20 Å². The summed E-state index contributed by atoms with van der Waals surface area (Å²) in [5, 5.41) is 4.70. The van der Waals surface area contributed by atoms with E-state index < -0.39 is 0 Å². The van der Waals surface area contributed by atoms with Crippen LogP contribution in [-0.2, 0) is 0 Å². The maximum absolute atomic E-state index is 6.02. The van der Waals surface area contributed by atoms with E-state index in [1.807, 2.05) is 11.8 Å². The van der Waals surface area contributed by atoms with Crippen LogP contribution in [0.1, 0.15) is 25.7 Å². The van der Waals surface area contributed by atoms with Gasteiger partial charge in [0.15, 0.2) is 5.82 Å². The topological polar surface area (TPSA) is 63.8 Å². The second kappa shape index (κ2) is 5.78. The summed E-state index contributed by atoms with van der Waals surface area (Å²) in [6, 6.07) is 0.449. The third kappa shape index (κ3) is 3.39. The van der Waals surface area contributed by atoms with Crippen LogP contribution in [0.3, 0.4) is 0 Å². The number of nitrogens with zero attached hydrogens (tertiary/aromatic N) is 2. The van der Waals surface area contributed by atoms with E-state index in [-0.39, 0.29) is 5.95 Å². The van der Waals surface area contributed by atoms with Crippen molar-refractivity contribution >= 4 is 35.1 Å². The molecule has 0 radical (unpaired) electrons. The lowest BCUT2D eigenvalue weighted by atomic mass is 9.95. The minimum atomic E-state index is 0.259. The van der Waals surface area contributed by atoms with Gasteiger partial charge in [-0.25, -0.2) is 4.98 Å². The Morgan fingerprint density at radius 3 is 2.76 bits per heavy atom. The number of nitrogens with one attached hydrogen (secondary N) is 1. The molecule has 1 fully saturated rings. The number of nitrogen functional groups attached to an aromatic ring is 1. The average molecular weight is 273 g/mol. The van der Waals surface area contributed by atoms with Crippen molar-refractivity contribution in [1.82, 2.24) is 9.97 Å². The van der Waals surface area contributed by atoms with Crippen molar-refractivity contribution < 1.29 is 0 Å². The zero-order valence-corrected chi connectivity index (χ0v) is 11.4. The fourth-order valence-electron chi connectivity index (χ4n) is 2.12. The monoisotopic (exact) mass is 272 g/mol. The summed E-state index contributed by atoms with van der Waals surface area (Å²) in [5.74, 6) is 0.918. The number of hydrogen-bond acceptors (Lipinski definition) is 5. The molecule has 4 nitrogen and oxygen atoms in total. The van der Waals surface area contributed by atoms with Gasteiger partial charge >= 0.3 is 0 Å². The quantitative estimate of drug-likeness (QED) is 0.886. The fraction of sp³-hybridized carbons (Fsp3) is 0.636. The highest BCUT2D eigenvalue weighted by molar-refractivity contribution is 7.99. The molecule has 0 aromatic carbocycles. The van der Waals surface area contributed by atoms with E-state index in [4.69, 9.17) is 17.3 Å². The summed E-state index contributed by atoms with van der Waals surface area (Å²) in [4.78, 5) is 7.97. The summed E-state index contributed by atoms with van der Waals surface area (Å²) in [6.45, 7) is 0. The molecule has 0 unspecified atom stereocenters. The van der Waals surface area contributed by atoms with Crippen molar-refractivity contribution in [1.29, 1.82) is 0 Å². The molecule has 0 amide bonds. The van der Waals surface area contributed by atoms with Gasteiger partial charge in [0.25, 0.3) is 0 Å². The molecule has 3 N–H and O–H groups in total. The van der Waals surface area contributed by atoms with Crippen molar-refractivity contribution in [3.05, 3.63) is 11.2 Å². The Kier molecular flexibility index (Phi) is 4.34. The van der Waals surface area contributed by atoms with Gasteiger partial charge in [0.05, 0.1) is 6.20 Å². The molecule has 1 aromatic rings. The van der Waals surface area contributed by atoms with Crippen LogP contribution >= 0.6 is 23.4 Å². The van der Waals surface area contributed by atoms with Crippen LogP contribution in [0.4, 0.5) is 11.8 Å². The Hall–Kier alpha value is -0.680. The SMILES string of the molecule is CSC1CCC(Nc2nc(N)ncc2Cl)CC1. The lowest BCUT2D eigenvalue weighted by Crippen LogP contribution is -2.27. The van der Waals surface area contributed by atoms with E-state index in [9.17, 15) is 0 Å². The zero-order chi connectivity index (χ0) is 12.3. The smallest absolute Gasteiger partial charge is 0.222 e. The molecule has 0 bridgehead atoms. The van der Waals surface area contributed by atoms with Crippen LogP contribution < -0.4 is 11.1 Å². The second-order valence-corrected chi connectivity index (χ2v) is 5.82. The molecule has 1 aromatic heterocycles. The number of rotatable bonds is 3. The van der Waals surface area contributed by atoms with Crippen molar-refractivity contribution in [3.63, 3.8) is 0 Å². The predicted molar refractivity (Wildman–Crippen MR) is 74.6 cm³/mol. The van der Waals surface area contributed by atoms with Crippen LogP contribution in [-0.4, -0.2) is 27.5 Å². The molecule has 1 heterocycles. The first kappa shape index (κ1) is 12.8. The van der Waals surface area contributed by atoms with Gasteiger partial charge in [-0.2, -0.15) is 16.7 Å². The van der Waals surface area contributed by atoms with Gasteiger partial charge in [-0.1, -0.05) is 11.6 Å². The summed E-state index contributed by atoms with van der Waals surface area (Å²) < 4.78 is 0. The van der Waals surface area contributed by atoms with Gasteiger partial charge in [0.2, 0.25) is 5.95 Å². The van der Waals surface area contributed by atoms with Crippen LogP contribution in [0.2, 0.25) is 5.02 Å². The first-order chi connectivity index (χ1) is 8.19. The third-order valence-electron chi connectivity index (χ3n) is 3.11. The Bertz CT molecular complexity index is 380. The Balaban J connectivity index is 1.95. The van der Waals surface area contributed by atoms with Gasteiger partial charge in [-0.15, -0.1) is 0 Å². The number of anilines is 2. The fourth-order valence-corrected chi connectivity index (χ4v) is 3.01. The maximum Gasteiger partial charge on any atom is 0.222 e. The van der Waals surface area contributed by atoms with E-state index >= 15 is 0 Å². The molecule has 1 aliphatic rings. The highest BCUT2D eigenvalue weighted by atomic mass is 35.5. The van der Waals surface area contributed by atoms with Gasteiger partial charge in [0, 0.05) is 11.3 Å². The summed E-state index contributed by atoms with van der Waals surface area (Å²) in [6.07, 6.45) is 8.53. The number of nitrogens with two attached hydrogens (primary N) is 1. The van der Waals surface area contributed by atoms with E-state index in [0.29, 0.717) is 16.9 Å². The maximum atomic E-state index is 6.02. The number of aromatic nitrogens is 2. The van der Waals surface area contributed by atoms with Crippen molar-refractivity contribution in [3.8, 4) is 0 Å². The minimum absolute atomic E-state index is 0.259. The minimum Gasteiger partial charge on any atom is -0.368 e. The van der Waals surface area contributed by atoms with Crippen LogP contribution in [0.15, 0.2) is 6.20 Å². The lowest BCUT2D eigenvalue weighted by Gasteiger charge is -2.28. The summed E-state index contributed by atoms with van der Waals surface area (Å²) in [5.41, 5.74) is 5.55. The molecule has 94 valence electrons. The largest absolute Gasteiger partial charge is 0.368 e. The number of halogens is 1. The van der Waals surface area contributed by atoms with Crippen LogP contribution in [0.25, 0.3) is 0 Å². The Morgan fingerprint density at radius 2 is 2.12 bits per heavy atom. The molecular weight excluding hydrogens is 256 g/mol. The normalized spacial score (nSPS) is 24.6. The lowest BCUT2D eigenvalue weighted by molar-refractivity contribution is 0.472. The summed E-state index contributed by atoms with van der Waals surface area (Å²) in [7, 11) is 0. The molecule has 1 aliphatic carbocycles. The van der Waals surface area contributed by atoms with Crippen LogP contribution in [0, 0.1) is 0 Å². The Labute approximate surface area is 111 Å². The molecule has 0 spiro atoms. The molecule has 17 heavy (non-hydrogen) atoms. The number of hydrogen-bond donors (Lipinski definition) is 2. The Morgan fingerprint density at radius 1 is 1.41 bits per heavy atom. The first-order valence-corrected chi connectivity index (χ1v) is 7.43. The highest BCUT2D eigenvalue weighted by Gasteiger charge is 2.21. The molecule has 2 rings (SSSR count). The molecular formula is C11H17ClN4S. The molecule has 0 aliphatic heterocycles.